The highest BCUT2D eigenvalue weighted by atomic mass is 35.5. The first-order chi connectivity index (χ1) is 11.5. The maximum Gasteiger partial charge on any atom is 0.267 e. The number of anilines is 1. The summed E-state index contributed by atoms with van der Waals surface area (Å²) < 4.78 is 0. The second kappa shape index (κ2) is 8.39. The molecule has 0 aromatic heterocycles. The first-order valence-corrected chi connectivity index (χ1v) is 7.91. The van der Waals surface area contributed by atoms with Crippen LogP contribution in [0, 0.1) is 18.3 Å². The predicted octanol–water partition coefficient (Wildman–Crippen LogP) is 4.44. The molecule has 2 aromatic rings. The maximum absolute atomic E-state index is 12.1. The normalized spacial score (nSPS) is 10.8. The van der Waals surface area contributed by atoms with Crippen LogP contribution in [-0.4, -0.2) is 5.91 Å². The largest absolute Gasteiger partial charge is 0.386 e. The number of carbonyl (C=O) groups is 1. The SMILES string of the molecule is Cc1cccc(CN/C=C(/C#N)C(=O)Nc2ccc(Cl)cc2Cl)c1. The molecule has 0 atom stereocenters. The highest BCUT2D eigenvalue weighted by Gasteiger charge is 2.11. The molecular weight excluding hydrogens is 345 g/mol. The summed E-state index contributed by atoms with van der Waals surface area (Å²) in [6, 6.07) is 14.5. The fraction of sp³-hybridized carbons (Fsp3) is 0.111. The molecule has 0 bridgehead atoms. The Balaban J connectivity index is 2.01. The summed E-state index contributed by atoms with van der Waals surface area (Å²) in [5.74, 6) is -0.543. The van der Waals surface area contributed by atoms with Gasteiger partial charge in [0.25, 0.3) is 5.91 Å². The van der Waals surface area contributed by atoms with Crippen molar-refractivity contribution in [3.05, 3.63) is 75.4 Å². The van der Waals surface area contributed by atoms with Crippen molar-refractivity contribution < 1.29 is 4.79 Å². The topological polar surface area (TPSA) is 64.9 Å². The summed E-state index contributed by atoms with van der Waals surface area (Å²) in [7, 11) is 0. The molecule has 0 aliphatic rings. The van der Waals surface area contributed by atoms with Gasteiger partial charge in [-0.3, -0.25) is 4.79 Å². The van der Waals surface area contributed by atoms with Crippen LogP contribution in [-0.2, 0) is 11.3 Å². The van der Waals surface area contributed by atoms with Crippen LogP contribution in [0.2, 0.25) is 10.0 Å². The molecule has 0 saturated heterocycles. The van der Waals surface area contributed by atoms with Gasteiger partial charge >= 0.3 is 0 Å². The number of benzene rings is 2. The average molecular weight is 360 g/mol. The molecule has 0 unspecified atom stereocenters. The van der Waals surface area contributed by atoms with Crippen molar-refractivity contribution in [2.45, 2.75) is 13.5 Å². The highest BCUT2D eigenvalue weighted by molar-refractivity contribution is 6.36. The predicted molar refractivity (Wildman–Crippen MR) is 96.8 cm³/mol. The standard InChI is InChI=1S/C18H15Cl2N3O/c1-12-3-2-4-13(7-12)10-22-11-14(9-21)18(24)23-17-6-5-15(19)8-16(17)20/h2-8,11,22H,10H2,1H3,(H,23,24)/b14-11-. The number of halogens is 2. The zero-order valence-electron chi connectivity index (χ0n) is 12.9. The van der Waals surface area contributed by atoms with Crippen LogP contribution >= 0.6 is 23.2 Å². The number of rotatable bonds is 5. The molecule has 0 heterocycles. The molecule has 0 radical (unpaired) electrons. The summed E-state index contributed by atoms with van der Waals surface area (Å²) in [4.78, 5) is 12.1. The van der Waals surface area contributed by atoms with Crippen molar-refractivity contribution in [3.8, 4) is 6.07 Å². The van der Waals surface area contributed by atoms with Crippen molar-refractivity contribution in [3.63, 3.8) is 0 Å². The summed E-state index contributed by atoms with van der Waals surface area (Å²) in [5.41, 5.74) is 2.55. The molecule has 2 aromatic carbocycles. The first-order valence-electron chi connectivity index (χ1n) is 7.15. The van der Waals surface area contributed by atoms with Gasteiger partial charge in [0.2, 0.25) is 0 Å². The van der Waals surface area contributed by atoms with Crippen LogP contribution < -0.4 is 10.6 Å². The number of carbonyl (C=O) groups excluding carboxylic acids is 1. The van der Waals surface area contributed by atoms with Gasteiger partial charge in [-0.05, 0) is 30.7 Å². The van der Waals surface area contributed by atoms with E-state index in [-0.39, 0.29) is 5.57 Å². The van der Waals surface area contributed by atoms with E-state index in [9.17, 15) is 4.79 Å². The van der Waals surface area contributed by atoms with Crippen molar-refractivity contribution in [1.82, 2.24) is 5.32 Å². The van der Waals surface area contributed by atoms with E-state index in [2.05, 4.69) is 10.6 Å². The zero-order valence-corrected chi connectivity index (χ0v) is 14.4. The molecule has 1 amide bonds. The molecule has 24 heavy (non-hydrogen) atoms. The number of nitriles is 1. The Bertz CT molecular complexity index is 825. The van der Waals surface area contributed by atoms with Gasteiger partial charge in [0, 0.05) is 17.8 Å². The minimum absolute atomic E-state index is 0.0475. The summed E-state index contributed by atoms with van der Waals surface area (Å²) in [6.45, 7) is 2.52. The van der Waals surface area contributed by atoms with Crippen LogP contribution in [0.3, 0.4) is 0 Å². The molecule has 2 N–H and O–H groups in total. The lowest BCUT2D eigenvalue weighted by Crippen LogP contribution is -2.16. The molecule has 0 saturated carbocycles. The molecule has 0 fully saturated rings. The highest BCUT2D eigenvalue weighted by Crippen LogP contribution is 2.25. The number of aryl methyl sites for hydroxylation is 1. The molecule has 0 spiro atoms. The molecule has 2 rings (SSSR count). The summed E-state index contributed by atoms with van der Waals surface area (Å²) in [6.07, 6.45) is 1.39. The van der Waals surface area contributed by atoms with Gasteiger partial charge in [0.05, 0.1) is 10.7 Å². The number of amides is 1. The van der Waals surface area contributed by atoms with Gasteiger partial charge in [-0.1, -0.05) is 53.0 Å². The third-order valence-electron chi connectivity index (χ3n) is 3.18. The van der Waals surface area contributed by atoms with Gasteiger partial charge in [-0.2, -0.15) is 5.26 Å². The van der Waals surface area contributed by atoms with Crippen LogP contribution in [0.25, 0.3) is 0 Å². The summed E-state index contributed by atoms with van der Waals surface area (Å²) >= 11 is 11.8. The number of hydrogen-bond donors (Lipinski definition) is 2. The van der Waals surface area contributed by atoms with Crippen LogP contribution in [0.4, 0.5) is 5.69 Å². The van der Waals surface area contributed by atoms with Crippen molar-refractivity contribution in [2.24, 2.45) is 0 Å². The number of nitrogens with zero attached hydrogens (tertiary/aromatic N) is 1. The van der Waals surface area contributed by atoms with E-state index in [4.69, 9.17) is 28.5 Å². The Labute approximate surface area is 150 Å². The molecule has 4 nitrogen and oxygen atoms in total. The Kier molecular flexibility index (Phi) is 6.25. The maximum atomic E-state index is 12.1. The van der Waals surface area contributed by atoms with E-state index < -0.39 is 5.91 Å². The lowest BCUT2D eigenvalue weighted by atomic mass is 10.1. The fourth-order valence-corrected chi connectivity index (χ4v) is 2.48. The van der Waals surface area contributed by atoms with E-state index in [1.807, 2.05) is 37.3 Å². The van der Waals surface area contributed by atoms with E-state index >= 15 is 0 Å². The second-order valence-corrected chi connectivity index (χ2v) is 5.96. The Morgan fingerprint density at radius 1 is 1.25 bits per heavy atom. The van der Waals surface area contributed by atoms with Gasteiger partial charge in [-0.25, -0.2) is 0 Å². The molecule has 0 aliphatic heterocycles. The lowest BCUT2D eigenvalue weighted by Gasteiger charge is -2.07. The van der Waals surface area contributed by atoms with Crippen molar-refractivity contribution in [1.29, 1.82) is 5.26 Å². The molecule has 0 aliphatic carbocycles. The molecular formula is C18H15Cl2N3O. The van der Waals surface area contributed by atoms with Crippen molar-refractivity contribution >= 4 is 34.8 Å². The Hall–Kier alpha value is -2.48. The smallest absolute Gasteiger partial charge is 0.267 e. The number of hydrogen-bond acceptors (Lipinski definition) is 3. The van der Waals surface area contributed by atoms with Crippen LogP contribution in [0.5, 0.6) is 0 Å². The quantitative estimate of drug-likeness (QED) is 0.612. The van der Waals surface area contributed by atoms with Crippen molar-refractivity contribution in [2.75, 3.05) is 5.32 Å². The first kappa shape index (κ1) is 17.9. The third kappa shape index (κ3) is 5.02. The third-order valence-corrected chi connectivity index (χ3v) is 3.73. The van der Waals surface area contributed by atoms with Crippen LogP contribution in [0.1, 0.15) is 11.1 Å². The number of nitrogens with one attached hydrogen (secondary N) is 2. The van der Waals surface area contributed by atoms with Gasteiger partial charge in [0.15, 0.2) is 0 Å². The van der Waals surface area contributed by atoms with E-state index in [1.165, 1.54) is 12.3 Å². The van der Waals surface area contributed by atoms with Gasteiger partial charge in [0.1, 0.15) is 11.6 Å². The summed E-state index contributed by atoms with van der Waals surface area (Å²) in [5, 5.41) is 15.5. The Morgan fingerprint density at radius 2 is 2.04 bits per heavy atom. The average Bonchev–Trinajstić information content (AvgIpc) is 2.54. The Morgan fingerprint density at radius 3 is 2.71 bits per heavy atom. The van der Waals surface area contributed by atoms with E-state index in [0.717, 1.165) is 11.1 Å². The minimum atomic E-state index is -0.543. The van der Waals surface area contributed by atoms with E-state index in [1.54, 1.807) is 12.1 Å². The van der Waals surface area contributed by atoms with Gasteiger partial charge < -0.3 is 10.6 Å². The minimum Gasteiger partial charge on any atom is -0.386 e. The molecule has 122 valence electrons. The second-order valence-electron chi connectivity index (χ2n) is 5.12. The molecule has 6 heteroatoms. The zero-order chi connectivity index (χ0) is 17.5. The van der Waals surface area contributed by atoms with Crippen LogP contribution in [0.15, 0.2) is 54.2 Å². The lowest BCUT2D eigenvalue weighted by molar-refractivity contribution is -0.112. The van der Waals surface area contributed by atoms with E-state index in [0.29, 0.717) is 22.3 Å². The fourth-order valence-electron chi connectivity index (χ4n) is 2.02. The monoisotopic (exact) mass is 359 g/mol. The van der Waals surface area contributed by atoms with Gasteiger partial charge in [-0.15, -0.1) is 0 Å².